The number of carbonyl (C=O) groups is 1. The largest absolute Gasteiger partial charge is 0.319 e. The third kappa shape index (κ3) is 4.72. The first-order valence-electron chi connectivity index (χ1n) is 9.78. The first kappa shape index (κ1) is 22.1. The zero-order valence-corrected chi connectivity index (χ0v) is 18.5. The maximum atomic E-state index is 14.4. The molecule has 0 spiro atoms. The second-order valence-corrected chi connectivity index (χ2v) is 8.94. The highest BCUT2D eigenvalue weighted by molar-refractivity contribution is 7.92. The van der Waals surface area contributed by atoms with E-state index in [1.807, 2.05) is 6.07 Å². The van der Waals surface area contributed by atoms with Gasteiger partial charge in [0.1, 0.15) is 12.1 Å². The second kappa shape index (κ2) is 8.79. The summed E-state index contributed by atoms with van der Waals surface area (Å²) in [6, 6.07) is 15.2. The summed E-state index contributed by atoms with van der Waals surface area (Å²) in [6.07, 6.45) is 1.33. The predicted molar refractivity (Wildman–Crippen MR) is 120 cm³/mol. The molecule has 1 heterocycles. The van der Waals surface area contributed by atoms with Gasteiger partial charge in [-0.05, 0) is 71.8 Å². The molecular formula is C22H19FN6O3S. The maximum absolute atomic E-state index is 14.4. The van der Waals surface area contributed by atoms with Gasteiger partial charge in [-0.3, -0.25) is 9.52 Å². The third-order valence-corrected chi connectivity index (χ3v) is 6.37. The Hall–Kier alpha value is -4.12. The molecule has 0 aliphatic rings. The topological polar surface area (TPSA) is 119 Å². The Kier molecular flexibility index (Phi) is 5.88. The van der Waals surface area contributed by atoms with Crippen molar-refractivity contribution >= 4 is 27.3 Å². The van der Waals surface area contributed by atoms with Crippen LogP contribution in [-0.2, 0) is 10.0 Å². The van der Waals surface area contributed by atoms with E-state index in [9.17, 15) is 17.6 Å². The molecule has 0 saturated heterocycles. The summed E-state index contributed by atoms with van der Waals surface area (Å²) in [7, 11) is -3.97. The van der Waals surface area contributed by atoms with E-state index in [2.05, 4.69) is 25.6 Å². The predicted octanol–water partition coefficient (Wildman–Crippen LogP) is 3.47. The van der Waals surface area contributed by atoms with Crippen molar-refractivity contribution in [3.8, 4) is 5.69 Å². The van der Waals surface area contributed by atoms with E-state index in [0.717, 1.165) is 5.56 Å². The van der Waals surface area contributed by atoms with Crippen molar-refractivity contribution in [2.75, 3.05) is 10.0 Å². The Labute approximate surface area is 189 Å². The van der Waals surface area contributed by atoms with Gasteiger partial charge in [-0.25, -0.2) is 17.5 Å². The summed E-state index contributed by atoms with van der Waals surface area (Å²) in [5.41, 5.74) is 1.76. The summed E-state index contributed by atoms with van der Waals surface area (Å²) in [5, 5.41) is 13.3. The van der Waals surface area contributed by atoms with Crippen LogP contribution in [0.15, 0.2) is 71.9 Å². The van der Waals surface area contributed by atoms with Crippen LogP contribution in [0, 0.1) is 19.7 Å². The summed E-state index contributed by atoms with van der Waals surface area (Å²) in [6.45, 7) is 3.48. The van der Waals surface area contributed by atoms with Gasteiger partial charge in [-0.15, -0.1) is 5.10 Å². The summed E-state index contributed by atoms with van der Waals surface area (Å²) < 4.78 is 44.2. The van der Waals surface area contributed by atoms with Crippen molar-refractivity contribution in [1.82, 2.24) is 20.2 Å². The number of rotatable bonds is 6. The standard InChI is InChI=1S/C22H19FN6O3S/c1-14-7-8-15(2)21(11-14)33(31,32)26-19-6-4-3-5-17(19)22(30)25-20-12-16(9-10-18(20)23)29-13-24-27-28-29/h3-13,26H,1-2H3,(H,25,30). The lowest BCUT2D eigenvalue weighted by atomic mass is 10.1. The molecule has 0 unspecified atom stereocenters. The smallest absolute Gasteiger partial charge is 0.262 e. The number of amides is 1. The van der Waals surface area contributed by atoms with Crippen LogP contribution in [-0.4, -0.2) is 34.5 Å². The minimum atomic E-state index is -3.97. The highest BCUT2D eigenvalue weighted by Crippen LogP contribution is 2.25. The van der Waals surface area contributed by atoms with Crippen LogP contribution in [0.1, 0.15) is 21.5 Å². The van der Waals surface area contributed by atoms with Crippen LogP contribution in [0.25, 0.3) is 5.69 Å². The van der Waals surface area contributed by atoms with Gasteiger partial charge in [0.25, 0.3) is 15.9 Å². The molecule has 168 valence electrons. The average molecular weight is 466 g/mol. The van der Waals surface area contributed by atoms with Crippen molar-refractivity contribution in [1.29, 1.82) is 0 Å². The van der Waals surface area contributed by atoms with E-state index in [4.69, 9.17) is 0 Å². The summed E-state index contributed by atoms with van der Waals surface area (Å²) in [4.78, 5) is 13.1. The molecule has 0 aliphatic heterocycles. The Morgan fingerprint density at radius 3 is 2.55 bits per heavy atom. The molecule has 0 saturated carbocycles. The first-order chi connectivity index (χ1) is 15.7. The number of para-hydroxylation sites is 1. The quantitative estimate of drug-likeness (QED) is 0.449. The number of hydrogen-bond donors (Lipinski definition) is 2. The van der Waals surface area contributed by atoms with Gasteiger partial charge in [-0.2, -0.15) is 0 Å². The SMILES string of the molecule is Cc1ccc(C)c(S(=O)(=O)Nc2ccccc2C(=O)Nc2cc(-n3cnnn3)ccc2F)c1. The Balaban J connectivity index is 1.64. The van der Waals surface area contributed by atoms with Crippen LogP contribution in [0.3, 0.4) is 0 Å². The molecular weight excluding hydrogens is 447 g/mol. The molecule has 3 aromatic carbocycles. The van der Waals surface area contributed by atoms with Crippen LogP contribution in [0.2, 0.25) is 0 Å². The van der Waals surface area contributed by atoms with Gasteiger partial charge in [0, 0.05) is 0 Å². The minimum absolute atomic E-state index is 0.0265. The number of tetrazole rings is 1. The molecule has 0 fully saturated rings. The molecule has 11 heteroatoms. The van der Waals surface area contributed by atoms with Gasteiger partial charge < -0.3 is 5.32 Å². The molecule has 2 N–H and O–H groups in total. The lowest BCUT2D eigenvalue weighted by Crippen LogP contribution is -2.19. The van der Waals surface area contributed by atoms with Crippen molar-refractivity contribution in [3.63, 3.8) is 0 Å². The molecule has 0 aliphatic carbocycles. The van der Waals surface area contributed by atoms with E-state index < -0.39 is 21.7 Å². The molecule has 0 radical (unpaired) electrons. The fourth-order valence-electron chi connectivity index (χ4n) is 3.19. The van der Waals surface area contributed by atoms with Crippen molar-refractivity contribution < 1.29 is 17.6 Å². The minimum Gasteiger partial charge on any atom is -0.319 e. The molecule has 0 bridgehead atoms. The van der Waals surface area contributed by atoms with Crippen molar-refractivity contribution in [2.45, 2.75) is 18.7 Å². The Morgan fingerprint density at radius 2 is 1.79 bits per heavy atom. The highest BCUT2D eigenvalue weighted by Gasteiger charge is 2.21. The number of benzene rings is 3. The van der Waals surface area contributed by atoms with Crippen LogP contribution in [0.4, 0.5) is 15.8 Å². The zero-order valence-electron chi connectivity index (χ0n) is 17.7. The van der Waals surface area contributed by atoms with Gasteiger partial charge in [0.15, 0.2) is 0 Å². The number of anilines is 2. The highest BCUT2D eigenvalue weighted by atomic mass is 32.2. The lowest BCUT2D eigenvalue weighted by Gasteiger charge is -2.15. The Bertz CT molecular complexity index is 1440. The monoisotopic (exact) mass is 466 g/mol. The van der Waals surface area contributed by atoms with E-state index in [1.165, 1.54) is 41.3 Å². The van der Waals surface area contributed by atoms with Crippen molar-refractivity contribution in [3.05, 3.63) is 89.5 Å². The van der Waals surface area contributed by atoms with Gasteiger partial charge in [-0.1, -0.05) is 24.3 Å². The van der Waals surface area contributed by atoms with Crippen LogP contribution >= 0.6 is 0 Å². The third-order valence-electron chi connectivity index (χ3n) is 4.86. The number of carbonyl (C=O) groups excluding carboxylic acids is 1. The zero-order chi connectivity index (χ0) is 23.6. The van der Waals surface area contributed by atoms with E-state index in [0.29, 0.717) is 11.3 Å². The summed E-state index contributed by atoms with van der Waals surface area (Å²) >= 11 is 0. The average Bonchev–Trinajstić information content (AvgIpc) is 3.32. The first-order valence-corrected chi connectivity index (χ1v) is 11.3. The number of nitrogens with zero attached hydrogens (tertiary/aromatic N) is 4. The van der Waals surface area contributed by atoms with E-state index in [-0.39, 0.29) is 21.8 Å². The second-order valence-electron chi connectivity index (χ2n) is 7.29. The van der Waals surface area contributed by atoms with Gasteiger partial charge in [0.05, 0.1) is 27.5 Å². The summed E-state index contributed by atoms with van der Waals surface area (Å²) in [5.74, 6) is -1.37. The lowest BCUT2D eigenvalue weighted by molar-refractivity contribution is 0.102. The number of halogens is 1. The number of aromatic nitrogens is 4. The number of sulfonamides is 1. The molecule has 1 aromatic heterocycles. The molecule has 33 heavy (non-hydrogen) atoms. The fourth-order valence-corrected chi connectivity index (χ4v) is 4.60. The molecule has 1 amide bonds. The fraction of sp³-hybridized carbons (Fsp3) is 0.0909. The van der Waals surface area contributed by atoms with E-state index in [1.54, 1.807) is 38.1 Å². The van der Waals surface area contributed by atoms with Crippen LogP contribution in [0.5, 0.6) is 0 Å². The number of hydrogen-bond acceptors (Lipinski definition) is 6. The number of aryl methyl sites for hydroxylation is 2. The molecule has 4 rings (SSSR count). The normalized spacial score (nSPS) is 11.2. The molecule has 0 atom stereocenters. The van der Waals surface area contributed by atoms with Gasteiger partial charge >= 0.3 is 0 Å². The molecule has 4 aromatic rings. The van der Waals surface area contributed by atoms with E-state index >= 15 is 0 Å². The van der Waals surface area contributed by atoms with Gasteiger partial charge in [0.2, 0.25) is 0 Å². The molecule has 9 nitrogen and oxygen atoms in total. The maximum Gasteiger partial charge on any atom is 0.262 e. The number of nitrogens with one attached hydrogen (secondary N) is 2. The van der Waals surface area contributed by atoms with Crippen LogP contribution < -0.4 is 10.0 Å². The van der Waals surface area contributed by atoms with Crippen molar-refractivity contribution in [2.24, 2.45) is 0 Å². The Morgan fingerprint density at radius 1 is 1.00 bits per heavy atom.